The van der Waals surface area contributed by atoms with Gasteiger partial charge in [-0.2, -0.15) is 0 Å². The molecule has 4 nitrogen and oxygen atoms in total. The van der Waals surface area contributed by atoms with Crippen LogP contribution in [0.1, 0.15) is 41.4 Å². The van der Waals surface area contributed by atoms with Crippen molar-refractivity contribution in [1.29, 1.82) is 0 Å². The molecule has 3 aromatic rings. The maximum absolute atomic E-state index is 12.5. The van der Waals surface area contributed by atoms with Gasteiger partial charge in [-0.3, -0.25) is 9.36 Å². The predicted molar refractivity (Wildman–Crippen MR) is 107 cm³/mol. The highest BCUT2D eigenvalue weighted by Crippen LogP contribution is 2.28. The Morgan fingerprint density at radius 3 is 2.42 bits per heavy atom. The molecular weight excluding hydrogens is 342 g/mol. The Morgan fingerprint density at radius 2 is 1.77 bits per heavy atom. The predicted octanol–water partition coefficient (Wildman–Crippen LogP) is 5.12. The molecule has 0 unspecified atom stereocenters. The van der Waals surface area contributed by atoms with Crippen LogP contribution in [0.3, 0.4) is 0 Å². The molecule has 0 saturated carbocycles. The Hall–Kier alpha value is -2.40. The van der Waals surface area contributed by atoms with Crippen molar-refractivity contribution < 1.29 is 4.79 Å². The number of carbonyl (C=O) groups excluding carboxylic acids is 1. The molecule has 0 saturated heterocycles. The number of thioether (sulfide) groups is 1. The fourth-order valence-corrected chi connectivity index (χ4v) is 3.74. The molecule has 0 N–H and O–H groups in total. The Kier molecular flexibility index (Phi) is 5.57. The molecule has 26 heavy (non-hydrogen) atoms. The van der Waals surface area contributed by atoms with Gasteiger partial charge in [0.05, 0.1) is 5.75 Å². The first kappa shape index (κ1) is 18.4. The van der Waals surface area contributed by atoms with E-state index in [9.17, 15) is 4.79 Å². The number of ketones is 1. The van der Waals surface area contributed by atoms with E-state index in [2.05, 4.69) is 47.7 Å². The number of rotatable bonds is 6. The molecule has 5 heteroatoms. The highest BCUT2D eigenvalue weighted by molar-refractivity contribution is 7.99. The Morgan fingerprint density at radius 1 is 1.04 bits per heavy atom. The first-order chi connectivity index (χ1) is 12.5. The molecule has 0 atom stereocenters. The number of carbonyl (C=O) groups is 1. The summed E-state index contributed by atoms with van der Waals surface area (Å²) < 4.78 is 2.10. The monoisotopic (exact) mass is 365 g/mol. The van der Waals surface area contributed by atoms with Gasteiger partial charge in [-0.05, 0) is 33.8 Å². The SMILES string of the molecule is Cc1ccc(C(=O)CSc2nnc(-c3cccc(C)c3)n2C(C)C)cc1. The third-order valence-corrected chi connectivity index (χ3v) is 5.11. The number of Topliss-reactive ketones (excluding diaryl/α,β-unsaturated/α-hetero) is 1. The van der Waals surface area contributed by atoms with Gasteiger partial charge in [0.25, 0.3) is 0 Å². The van der Waals surface area contributed by atoms with Crippen molar-refractivity contribution >= 4 is 17.5 Å². The van der Waals surface area contributed by atoms with Crippen LogP contribution < -0.4 is 0 Å². The van der Waals surface area contributed by atoms with Gasteiger partial charge in [-0.25, -0.2) is 0 Å². The van der Waals surface area contributed by atoms with Crippen molar-refractivity contribution in [3.05, 3.63) is 65.2 Å². The number of hydrogen-bond donors (Lipinski definition) is 0. The highest BCUT2D eigenvalue weighted by atomic mass is 32.2. The van der Waals surface area contributed by atoms with Crippen molar-refractivity contribution in [2.24, 2.45) is 0 Å². The average molecular weight is 366 g/mol. The van der Waals surface area contributed by atoms with Crippen LogP contribution >= 0.6 is 11.8 Å². The largest absolute Gasteiger partial charge is 0.299 e. The summed E-state index contributed by atoms with van der Waals surface area (Å²) in [5.74, 6) is 1.29. The minimum atomic E-state index is 0.102. The van der Waals surface area contributed by atoms with Crippen molar-refractivity contribution in [2.75, 3.05) is 5.75 Å². The molecular formula is C21H23N3OS. The lowest BCUT2D eigenvalue weighted by atomic mass is 10.1. The molecule has 0 bridgehead atoms. The fourth-order valence-electron chi connectivity index (χ4n) is 2.77. The fraction of sp³-hybridized carbons (Fsp3) is 0.286. The number of aromatic nitrogens is 3. The first-order valence-corrected chi connectivity index (χ1v) is 9.69. The summed E-state index contributed by atoms with van der Waals surface area (Å²) in [6.07, 6.45) is 0. The second-order valence-corrected chi connectivity index (χ2v) is 7.66. The molecule has 2 aromatic carbocycles. The summed E-state index contributed by atoms with van der Waals surface area (Å²) in [5.41, 5.74) is 4.11. The van der Waals surface area contributed by atoms with E-state index in [0.717, 1.165) is 27.7 Å². The molecule has 0 fully saturated rings. The van der Waals surface area contributed by atoms with Crippen molar-refractivity contribution in [3.8, 4) is 11.4 Å². The van der Waals surface area contributed by atoms with E-state index < -0.39 is 0 Å². The van der Waals surface area contributed by atoms with Crippen LogP contribution in [-0.4, -0.2) is 26.3 Å². The summed E-state index contributed by atoms with van der Waals surface area (Å²) in [5, 5.41) is 9.51. The lowest BCUT2D eigenvalue weighted by Gasteiger charge is -2.14. The van der Waals surface area contributed by atoms with E-state index in [-0.39, 0.29) is 11.8 Å². The molecule has 1 heterocycles. The zero-order chi connectivity index (χ0) is 18.7. The van der Waals surface area contributed by atoms with E-state index in [1.807, 2.05) is 43.3 Å². The van der Waals surface area contributed by atoms with Gasteiger partial charge < -0.3 is 0 Å². The highest BCUT2D eigenvalue weighted by Gasteiger charge is 2.18. The van der Waals surface area contributed by atoms with Crippen molar-refractivity contribution in [3.63, 3.8) is 0 Å². The van der Waals surface area contributed by atoms with Crippen LogP contribution in [0.2, 0.25) is 0 Å². The van der Waals surface area contributed by atoms with Gasteiger partial charge in [-0.1, -0.05) is 65.4 Å². The summed E-state index contributed by atoms with van der Waals surface area (Å²) in [7, 11) is 0. The maximum Gasteiger partial charge on any atom is 0.192 e. The first-order valence-electron chi connectivity index (χ1n) is 8.70. The van der Waals surface area contributed by atoms with E-state index in [1.54, 1.807) is 0 Å². The van der Waals surface area contributed by atoms with Gasteiger partial charge in [0.1, 0.15) is 0 Å². The molecule has 0 spiro atoms. The minimum absolute atomic E-state index is 0.102. The Labute approximate surface area is 158 Å². The van der Waals surface area contributed by atoms with Crippen LogP contribution in [-0.2, 0) is 0 Å². The normalized spacial score (nSPS) is 11.1. The van der Waals surface area contributed by atoms with Crippen LogP contribution in [0.4, 0.5) is 0 Å². The zero-order valence-electron chi connectivity index (χ0n) is 15.6. The summed E-state index contributed by atoms with van der Waals surface area (Å²) in [6, 6.07) is 16.1. The maximum atomic E-state index is 12.5. The Bertz CT molecular complexity index is 913. The molecule has 1 aromatic heterocycles. The van der Waals surface area contributed by atoms with Crippen molar-refractivity contribution in [1.82, 2.24) is 14.8 Å². The molecule has 0 amide bonds. The van der Waals surface area contributed by atoms with E-state index in [4.69, 9.17) is 0 Å². The van der Waals surface area contributed by atoms with Gasteiger partial charge in [0.15, 0.2) is 16.8 Å². The van der Waals surface area contributed by atoms with Crippen LogP contribution in [0.5, 0.6) is 0 Å². The molecule has 134 valence electrons. The molecule has 0 aliphatic rings. The smallest absolute Gasteiger partial charge is 0.192 e. The standard InChI is InChI=1S/C21H23N3OS/c1-14(2)24-20(18-7-5-6-16(4)12-18)22-23-21(24)26-13-19(25)17-10-8-15(3)9-11-17/h5-12,14H,13H2,1-4H3. The molecule has 0 radical (unpaired) electrons. The van der Waals surface area contributed by atoms with Gasteiger partial charge in [0, 0.05) is 17.2 Å². The molecule has 0 aliphatic heterocycles. The Balaban J connectivity index is 1.82. The zero-order valence-corrected chi connectivity index (χ0v) is 16.4. The average Bonchev–Trinajstić information content (AvgIpc) is 3.04. The number of aryl methyl sites for hydroxylation is 2. The third kappa shape index (κ3) is 4.05. The van der Waals surface area contributed by atoms with E-state index >= 15 is 0 Å². The third-order valence-electron chi connectivity index (χ3n) is 4.16. The van der Waals surface area contributed by atoms with Crippen LogP contribution in [0.15, 0.2) is 53.7 Å². The van der Waals surface area contributed by atoms with Crippen LogP contribution in [0, 0.1) is 13.8 Å². The van der Waals surface area contributed by atoms with E-state index in [1.165, 1.54) is 17.3 Å². The number of nitrogens with zero attached hydrogens (tertiary/aromatic N) is 3. The van der Waals surface area contributed by atoms with Crippen LogP contribution in [0.25, 0.3) is 11.4 Å². The summed E-state index contributed by atoms with van der Waals surface area (Å²) >= 11 is 1.44. The number of hydrogen-bond acceptors (Lipinski definition) is 4. The van der Waals surface area contributed by atoms with Crippen molar-refractivity contribution in [2.45, 2.75) is 38.9 Å². The quantitative estimate of drug-likeness (QED) is 0.449. The minimum Gasteiger partial charge on any atom is -0.299 e. The molecule has 0 aliphatic carbocycles. The van der Waals surface area contributed by atoms with Gasteiger partial charge >= 0.3 is 0 Å². The van der Waals surface area contributed by atoms with E-state index in [0.29, 0.717) is 5.75 Å². The summed E-state index contributed by atoms with van der Waals surface area (Å²) in [4.78, 5) is 12.5. The summed E-state index contributed by atoms with van der Waals surface area (Å²) in [6.45, 7) is 8.29. The second-order valence-electron chi connectivity index (χ2n) is 6.72. The lowest BCUT2D eigenvalue weighted by Crippen LogP contribution is -2.07. The number of benzene rings is 2. The topological polar surface area (TPSA) is 47.8 Å². The lowest BCUT2D eigenvalue weighted by molar-refractivity contribution is 0.102. The molecule has 3 rings (SSSR count). The second kappa shape index (κ2) is 7.87. The van der Waals surface area contributed by atoms with Gasteiger partial charge in [0.2, 0.25) is 0 Å². The van der Waals surface area contributed by atoms with Gasteiger partial charge in [-0.15, -0.1) is 10.2 Å².